The lowest BCUT2D eigenvalue weighted by Crippen LogP contribution is -2.49. The van der Waals surface area contributed by atoms with Gasteiger partial charge in [0.25, 0.3) is 11.5 Å². The van der Waals surface area contributed by atoms with Crippen LogP contribution in [0, 0.1) is 18.8 Å². The third kappa shape index (κ3) is 4.82. The van der Waals surface area contributed by atoms with Gasteiger partial charge in [0.05, 0.1) is 35.2 Å². The maximum atomic E-state index is 14.6. The minimum Gasteiger partial charge on any atom is -0.504 e. The van der Waals surface area contributed by atoms with E-state index in [2.05, 4.69) is 20.4 Å². The summed E-state index contributed by atoms with van der Waals surface area (Å²) < 4.78 is 48.2. The highest BCUT2D eigenvalue weighted by molar-refractivity contribution is 6.33. The predicted molar refractivity (Wildman–Crippen MR) is 174 cm³/mol. The Balaban J connectivity index is 1.11. The summed E-state index contributed by atoms with van der Waals surface area (Å²) in [6.07, 6.45) is 1.01. The van der Waals surface area contributed by atoms with Gasteiger partial charge in [-0.25, -0.2) is 9.97 Å². The number of ether oxygens (including phenoxy) is 1. The van der Waals surface area contributed by atoms with Gasteiger partial charge in [-0.3, -0.25) is 14.4 Å². The molecule has 1 aromatic carbocycles. The first kappa shape index (κ1) is 32.1. The highest BCUT2D eigenvalue weighted by atomic mass is 35.5. The van der Waals surface area contributed by atoms with Crippen molar-refractivity contribution in [3.63, 3.8) is 0 Å². The highest BCUT2D eigenvalue weighted by Gasteiger charge is 2.73. The maximum Gasteiger partial charge on any atom is 0.416 e. The highest BCUT2D eigenvalue weighted by Crippen LogP contribution is 2.73. The van der Waals surface area contributed by atoms with Gasteiger partial charge in [-0.05, 0) is 68.2 Å². The Labute approximate surface area is 292 Å². The van der Waals surface area contributed by atoms with Crippen molar-refractivity contribution in [1.29, 1.82) is 0 Å². The first-order valence-electron chi connectivity index (χ1n) is 16.7. The van der Waals surface area contributed by atoms with E-state index in [1.54, 1.807) is 16.4 Å². The number of likely N-dealkylation sites (tertiary alicyclic amines) is 1. The smallest absolute Gasteiger partial charge is 0.416 e. The van der Waals surface area contributed by atoms with Crippen molar-refractivity contribution in [2.24, 2.45) is 11.8 Å². The number of piperidine rings is 1. The summed E-state index contributed by atoms with van der Waals surface area (Å²) >= 11 is 6.16. The molecule has 5 heterocycles. The molecule has 0 radical (unpaired) electrons. The second-order valence-electron chi connectivity index (χ2n) is 13.9. The van der Waals surface area contributed by atoms with Crippen LogP contribution in [0.3, 0.4) is 0 Å². The molecule has 5 aliphatic rings. The number of fused-ring (bicyclic) bond motifs is 8. The number of hydrogen-bond donors (Lipinski definition) is 2. The molecule has 3 aromatic heterocycles. The van der Waals surface area contributed by atoms with Gasteiger partial charge in [0.1, 0.15) is 12.9 Å². The topological polar surface area (TPSA) is 157 Å². The van der Waals surface area contributed by atoms with E-state index < -0.39 is 23.1 Å². The van der Waals surface area contributed by atoms with Crippen LogP contribution in [0.1, 0.15) is 70.4 Å². The number of benzene rings is 1. The monoisotopic (exact) mass is 722 g/mol. The van der Waals surface area contributed by atoms with E-state index in [0.717, 1.165) is 30.2 Å². The zero-order valence-corrected chi connectivity index (χ0v) is 27.8. The van der Waals surface area contributed by atoms with Crippen LogP contribution in [0.25, 0.3) is 11.4 Å². The van der Waals surface area contributed by atoms with Gasteiger partial charge in [-0.2, -0.15) is 22.7 Å². The largest absolute Gasteiger partial charge is 0.504 e. The van der Waals surface area contributed by atoms with Crippen molar-refractivity contribution in [3.05, 3.63) is 80.0 Å². The number of halogens is 4. The van der Waals surface area contributed by atoms with Crippen LogP contribution in [-0.4, -0.2) is 76.8 Å². The average Bonchev–Trinajstić information content (AvgIpc) is 4.02. The third-order valence-electron chi connectivity index (χ3n) is 11.2. The van der Waals surface area contributed by atoms with Crippen LogP contribution in [0.4, 0.5) is 18.9 Å². The number of hydrogen-bond acceptors (Lipinski definition) is 9. The first-order valence-corrected chi connectivity index (χ1v) is 17.1. The van der Waals surface area contributed by atoms with E-state index in [0.29, 0.717) is 61.8 Å². The van der Waals surface area contributed by atoms with Crippen LogP contribution in [0.2, 0.25) is 5.02 Å². The number of anilines is 1. The lowest BCUT2D eigenvalue weighted by molar-refractivity contribution is -0.137. The Morgan fingerprint density at radius 3 is 2.76 bits per heavy atom. The predicted octanol–water partition coefficient (Wildman–Crippen LogP) is 4.10. The normalized spacial score (nSPS) is 26.1. The van der Waals surface area contributed by atoms with Crippen LogP contribution in [0.15, 0.2) is 35.4 Å². The number of carbonyl (C=O) groups is 2. The quantitative estimate of drug-likeness (QED) is 0.310. The van der Waals surface area contributed by atoms with Crippen LogP contribution < -0.4 is 10.9 Å². The number of aryl methyl sites for hydroxylation is 1. The summed E-state index contributed by atoms with van der Waals surface area (Å²) in [6.45, 7) is 2.48. The minimum atomic E-state index is -4.60. The van der Waals surface area contributed by atoms with Gasteiger partial charge in [0, 0.05) is 35.2 Å². The van der Waals surface area contributed by atoms with E-state index in [4.69, 9.17) is 21.3 Å². The Bertz CT molecular complexity index is 2290. The van der Waals surface area contributed by atoms with Crippen LogP contribution in [0.5, 0.6) is 5.75 Å². The molecule has 3 fully saturated rings. The fraction of sp³-hybridized carbons (Fsp3) is 0.441. The number of aromatic hydroxyl groups is 1. The van der Waals surface area contributed by atoms with Gasteiger partial charge >= 0.3 is 6.18 Å². The zero-order valence-electron chi connectivity index (χ0n) is 27.1. The Kier molecular flexibility index (Phi) is 6.98. The molecule has 0 bridgehead atoms. The lowest BCUT2D eigenvalue weighted by atomic mass is 9.70. The molecular formula is C34H30ClF3N8O5. The zero-order chi connectivity index (χ0) is 35.6. The molecule has 264 valence electrons. The SMILES string of the molecule is Cc1ncnc(C(=O)N2CC[C@]3(c4c(n(CC(=O)Nc5ccc(C(F)(F)F)cc5Cl)c5nc(C6=CCOCC6)nn5c4=O)[C@H]4C[C@H]43)[C@@H]3C[C@@H]32)c1O. The Hall–Kier alpha value is -4.83. The van der Waals surface area contributed by atoms with E-state index in [-0.39, 0.29) is 69.7 Å². The van der Waals surface area contributed by atoms with Crippen molar-refractivity contribution in [2.45, 2.75) is 62.7 Å². The van der Waals surface area contributed by atoms with Gasteiger partial charge in [0.15, 0.2) is 17.3 Å². The van der Waals surface area contributed by atoms with Crippen molar-refractivity contribution in [3.8, 4) is 5.75 Å². The third-order valence-corrected chi connectivity index (χ3v) is 11.5. The molecule has 5 atom stereocenters. The molecule has 17 heteroatoms. The van der Waals surface area contributed by atoms with E-state index >= 15 is 0 Å². The van der Waals surface area contributed by atoms with Crippen molar-refractivity contribution < 1.29 is 32.6 Å². The number of rotatable bonds is 5. The molecule has 4 aromatic rings. The molecule has 0 unspecified atom stereocenters. The number of nitrogens with one attached hydrogen (secondary N) is 1. The molecule has 13 nitrogen and oxygen atoms in total. The van der Waals surface area contributed by atoms with Crippen LogP contribution >= 0.6 is 11.6 Å². The van der Waals surface area contributed by atoms with Crippen molar-refractivity contribution in [1.82, 2.24) is 34.0 Å². The van der Waals surface area contributed by atoms with Crippen LogP contribution in [-0.2, 0) is 27.7 Å². The summed E-state index contributed by atoms with van der Waals surface area (Å²) in [5.74, 6) is -0.611. The lowest BCUT2D eigenvalue weighted by Gasteiger charge is -2.40. The van der Waals surface area contributed by atoms with Crippen molar-refractivity contribution in [2.75, 3.05) is 25.1 Å². The number of carbonyl (C=O) groups excluding carboxylic acids is 2. The first-order chi connectivity index (χ1) is 24.4. The molecule has 1 saturated heterocycles. The standard InChI is InChI=1S/C34H30ClF3N8O5/c1-15-28(48)26(40-14-39-15)31(50)44-7-6-33(20-12-23(20)44)19-11-18(19)27-25(33)30(49)46-32(42-29(43-46)16-4-8-51-9-5-16)45(27)13-24(47)41-22-3-2-17(10-21(22)35)34(36,37)38/h2-4,10,14,18-20,23,48H,5-9,11-13H2,1H3,(H,41,47)/t18-,19+,20+,23-,33+/m0/s1. The second-order valence-corrected chi connectivity index (χ2v) is 14.3. The summed E-state index contributed by atoms with van der Waals surface area (Å²) in [5, 5.41) is 17.6. The summed E-state index contributed by atoms with van der Waals surface area (Å²) in [6, 6.07) is 2.55. The Morgan fingerprint density at radius 1 is 1.20 bits per heavy atom. The molecule has 1 spiro atoms. The summed E-state index contributed by atoms with van der Waals surface area (Å²) in [5.41, 5.74) is 0.554. The van der Waals surface area contributed by atoms with Crippen molar-refractivity contribution >= 4 is 40.5 Å². The molecule has 2 aliphatic heterocycles. The number of nitrogens with zero attached hydrogens (tertiary/aromatic N) is 7. The van der Waals surface area contributed by atoms with Gasteiger partial charge in [0.2, 0.25) is 11.7 Å². The van der Waals surface area contributed by atoms with E-state index in [9.17, 15) is 32.7 Å². The number of alkyl halides is 3. The van der Waals surface area contributed by atoms with E-state index in [1.165, 1.54) is 10.8 Å². The minimum absolute atomic E-state index is 0.0152. The van der Waals surface area contributed by atoms with Gasteiger partial charge < -0.3 is 24.6 Å². The van der Waals surface area contributed by atoms with Gasteiger partial charge in [-0.1, -0.05) is 17.7 Å². The fourth-order valence-electron chi connectivity index (χ4n) is 8.81. The molecule has 3 aliphatic carbocycles. The number of aromatic nitrogens is 6. The molecule has 51 heavy (non-hydrogen) atoms. The summed E-state index contributed by atoms with van der Waals surface area (Å²) in [4.78, 5) is 56.4. The second kappa shape index (κ2) is 11.1. The van der Waals surface area contributed by atoms with E-state index in [1.807, 2.05) is 6.08 Å². The maximum absolute atomic E-state index is 14.6. The molecular weight excluding hydrogens is 693 g/mol. The Morgan fingerprint density at radius 2 is 2.02 bits per heavy atom. The molecule has 2 amide bonds. The number of amides is 2. The molecule has 2 saturated carbocycles. The fourth-order valence-corrected chi connectivity index (χ4v) is 9.04. The van der Waals surface area contributed by atoms with Gasteiger partial charge in [-0.15, -0.1) is 5.10 Å². The average molecular weight is 723 g/mol. The summed E-state index contributed by atoms with van der Waals surface area (Å²) in [7, 11) is 0. The molecule has 2 N–H and O–H groups in total. The molecule has 9 rings (SSSR count).